The first kappa shape index (κ1) is 13.1. The van der Waals surface area contributed by atoms with Gasteiger partial charge < -0.3 is 4.74 Å². The van der Waals surface area contributed by atoms with Crippen molar-refractivity contribution in [2.45, 2.75) is 19.3 Å². The first-order chi connectivity index (χ1) is 10.2. The fraction of sp³-hybridized carbons (Fsp3) is 0.188. The molecule has 0 saturated heterocycles. The molecule has 21 heavy (non-hydrogen) atoms. The second-order valence-electron chi connectivity index (χ2n) is 4.94. The van der Waals surface area contributed by atoms with Gasteiger partial charge in [0.2, 0.25) is 0 Å². The number of nitrogens with zero attached hydrogens (tertiary/aromatic N) is 2. The highest BCUT2D eigenvalue weighted by Gasteiger charge is 2.14. The second kappa shape index (κ2) is 5.25. The molecule has 0 heterocycles. The van der Waals surface area contributed by atoms with Crippen LogP contribution in [0.4, 0.5) is 5.69 Å². The maximum absolute atomic E-state index is 10.7. The minimum atomic E-state index is -0.528. The maximum Gasteiger partial charge on any atom is 0.271 e. The van der Waals surface area contributed by atoms with Gasteiger partial charge in [-0.25, -0.2) is 0 Å². The van der Waals surface area contributed by atoms with E-state index in [1.807, 2.05) is 24.3 Å². The quantitative estimate of drug-likeness (QED) is 0.633. The molecule has 0 bridgehead atoms. The molecule has 0 spiro atoms. The molecule has 5 heteroatoms. The summed E-state index contributed by atoms with van der Waals surface area (Å²) >= 11 is 0. The third-order valence-corrected chi connectivity index (χ3v) is 3.59. The lowest BCUT2D eigenvalue weighted by Crippen LogP contribution is -1.93. The third kappa shape index (κ3) is 2.56. The Morgan fingerprint density at radius 1 is 1.14 bits per heavy atom. The Hall–Kier alpha value is -2.87. The number of hydrogen-bond acceptors (Lipinski definition) is 4. The van der Waals surface area contributed by atoms with E-state index in [4.69, 9.17) is 10.00 Å². The molecule has 0 radical (unpaired) electrons. The van der Waals surface area contributed by atoms with Crippen LogP contribution in [0.15, 0.2) is 36.4 Å². The van der Waals surface area contributed by atoms with Gasteiger partial charge >= 0.3 is 0 Å². The van der Waals surface area contributed by atoms with Crippen molar-refractivity contribution in [3.05, 3.63) is 63.2 Å². The lowest BCUT2D eigenvalue weighted by atomic mass is 10.1. The molecular weight excluding hydrogens is 268 g/mol. The summed E-state index contributed by atoms with van der Waals surface area (Å²) in [5, 5.41) is 19.8. The Kier molecular flexibility index (Phi) is 3.28. The molecule has 0 fully saturated rings. The predicted molar refractivity (Wildman–Crippen MR) is 76.4 cm³/mol. The van der Waals surface area contributed by atoms with Gasteiger partial charge in [0.1, 0.15) is 23.1 Å². The Bertz CT molecular complexity index is 763. The molecule has 0 N–H and O–H groups in total. The molecule has 1 aliphatic carbocycles. The summed E-state index contributed by atoms with van der Waals surface area (Å²) in [6, 6.07) is 11.8. The van der Waals surface area contributed by atoms with E-state index in [0.29, 0.717) is 11.5 Å². The zero-order valence-electron chi connectivity index (χ0n) is 11.2. The van der Waals surface area contributed by atoms with Gasteiger partial charge in [0.25, 0.3) is 5.69 Å². The van der Waals surface area contributed by atoms with Crippen LogP contribution >= 0.6 is 0 Å². The predicted octanol–water partition coefficient (Wildman–Crippen LogP) is 3.75. The lowest BCUT2D eigenvalue weighted by Gasteiger charge is -2.09. The van der Waals surface area contributed by atoms with E-state index in [0.717, 1.165) is 19.3 Å². The minimum Gasteiger partial charge on any atom is -0.456 e. The minimum absolute atomic E-state index is 0.118. The van der Waals surface area contributed by atoms with E-state index < -0.39 is 4.92 Å². The van der Waals surface area contributed by atoms with Crippen LogP contribution in [0.3, 0.4) is 0 Å². The van der Waals surface area contributed by atoms with Crippen LogP contribution in [0.1, 0.15) is 23.1 Å². The Morgan fingerprint density at radius 2 is 1.95 bits per heavy atom. The van der Waals surface area contributed by atoms with Gasteiger partial charge in [-0.05, 0) is 48.6 Å². The number of benzene rings is 2. The number of fused-ring (bicyclic) bond motifs is 1. The van der Waals surface area contributed by atoms with E-state index in [-0.39, 0.29) is 11.3 Å². The van der Waals surface area contributed by atoms with Crippen molar-refractivity contribution in [1.29, 1.82) is 5.26 Å². The third-order valence-electron chi connectivity index (χ3n) is 3.59. The molecule has 0 amide bonds. The van der Waals surface area contributed by atoms with Crippen LogP contribution in [-0.4, -0.2) is 4.92 Å². The molecular formula is C16H12N2O3. The van der Waals surface area contributed by atoms with Crippen molar-refractivity contribution >= 4 is 5.69 Å². The summed E-state index contributed by atoms with van der Waals surface area (Å²) in [4.78, 5) is 10.2. The van der Waals surface area contributed by atoms with Crippen molar-refractivity contribution in [3.63, 3.8) is 0 Å². The number of hydrogen-bond donors (Lipinski definition) is 0. The van der Waals surface area contributed by atoms with Crippen molar-refractivity contribution < 1.29 is 9.66 Å². The number of nitriles is 1. The number of nitro benzene ring substituents is 1. The number of nitro groups is 1. The topological polar surface area (TPSA) is 76.2 Å². The maximum atomic E-state index is 10.7. The SMILES string of the molecule is N#Cc1cc([N+](=O)[O-])ccc1Oc1ccc2c(c1)CCC2. The van der Waals surface area contributed by atoms with Crippen LogP contribution in [0.2, 0.25) is 0 Å². The van der Waals surface area contributed by atoms with Crippen LogP contribution in [0.25, 0.3) is 0 Å². The first-order valence-electron chi connectivity index (χ1n) is 6.65. The smallest absolute Gasteiger partial charge is 0.271 e. The molecule has 1 aliphatic rings. The molecule has 0 aliphatic heterocycles. The van der Waals surface area contributed by atoms with Crippen LogP contribution in [0.5, 0.6) is 11.5 Å². The molecule has 2 aromatic rings. The highest BCUT2D eigenvalue weighted by Crippen LogP contribution is 2.31. The highest BCUT2D eigenvalue weighted by molar-refractivity contribution is 5.52. The molecule has 2 aromatic carbocycles. The van der Waals surface area contributed by atoms with Crippen LogP contribution < -0.4 is 4.74 Å². The Labute approximate surface area is 121 Å². The monoisotopic (exact) mass is 280 g/mol. The zero-order valence-corrected chi connectivity index (χ0v) is 11.2. The summed E-state index contributed by atoms with van der Waals surface area (Å²) in [6.45, 7) is 0. The number of rotatable bonds is 3. The normalized spacial score (nSPS) is 12.5. The lowest BCUT2D eigenvalue weighted by molar-refractivity contribution is -0.384. The molecule has 104 valence electrons. The van der Waals surface area contributed by atoms with E-state index in [2.05, 4.69) is 0 Å². The first-order valence-corrected chi connectivity index (χ1v) is 6.65. The zero-order chi connectivity index (χ0) is 14.8. The average Bonchev–Trinajstić information content (AvgIpc) is 2.95. The van der Waals surface area contributed by atoms with Crippen molar-refractivity contribution in [1.82, 2.24) is 0 Å². The van der Waals surface area contributed by atoms with Crippen LogP contribution in [-0.2, 0) is 12.8 Å². The molecule has 0 atom stereocenters. The molecule has 0 aromatic heterocycles. The van der Waals surface area contributed by atoms with Gasteiger partial charge in [0.05, 0.1) is 4.92 Å². The Morgan fingerprint density at radius 3 is 2.71 bits per heavy atom. The fourth-order valence-electron chi connectivity index (χ4n) is 2.55. The fourth-order valence-corrected chi connectivity index (χ4v) is 2.55. The average molecular weight is 280 g/mol. The Balaban J connectivity index is 1.91. The summed E-state index contributed by atoms with van der Waals surface area (Å²) in [7, 11) is 0. The molecule has 5 nitrogen and oxygen atoms in total. The van der Waals surface area contributed by atoms with Crippen molar-refractivity contribution in [2.75, 3.05) is 0 Å². The number of aryl methyl sites for hydroxylation is 2. The molecule has 3 rings (SSSR count). The van der Waals surface area contributed by atoms with Gasteiger partial charge in [-0.3, -0.25) is 10.1 Å². The number of non-ortho nitro benzene ring substituents is 1. The van der Waals surface area contributed by atoms with E-state index in [9.17, 15) is 10.1 Å². The van der Waals surface area contributed by atoms with Crippen molar-refractivity contribution in [2.24, 2.45) is 0 Å². The molecule has 0 saturated carbocycles. The van der Waals surface area contributed by atoms with E-state index in [1.165, 1.54) is 29.3 Å². The van der Waals surface area contributed by atoms with Crippen LogP contribution in [0, 0.1) is 21.4 Å². The largest absolute Gasteiger partial charge is 0.456 e. The van der Waals surface area contributed by atoms with Gasteiger partial charge in [-0.15, -0.1) is 0 Å². The van der Waals surface area contributed by atoms with E-state index >= 15 is 0 Å². The summed E-state index contributed by atoms with van der Waals surface area (Å²) < 4.78 is 5.72. The second-order valence-corrected chi connectivity index (χ2v) is 4.94. The summed E-state index contributed by atoms with van der Waals surface area (Å²) in [5.74, 6) is 0.988. The van der Waals surface area contributed by atoms with Gasteiger partial charge in [-0.1, -0.05) is 6.07 Å². The van der Waals surface area contributed by atoms with Gasteiger partial charge in [0.15, 0.2) is 0 Å². The van der Waals surface area contributed by atoms with Gasteiger partial charge in [0, 0.05) is 12.1 Å². The summed E-state index contributed by atoms with van der Waals surface area (Å²) in [5.41, 5.74) is 2.65. The standard InChI is InChI=1S/C16H12N2O3/c17-10-13-8-14(18(19)20)5-7-16(13)21-15-6-4-11-2-1-3-12(11)9-15/h4-9H,1-3H2. The van der Waals surface area contributed by atoms with Crippen molar-refractivity contribution in [3.8, 4) is 17.6 Å². The number of ether oxygens (including phenoxy) is 1. The van der Waals surface area contributed by atoms with E-state index in [1.54, 1.807) is 0 Å². The van der Waals surface area contributed by atoms with Gasteiger partial charge in [-0.2, -0.15) is 5.26 Å². The molecule has 0 unspecified atom stereocenters. The highest BCUT2D eigenvalue weighted by atomic mass is 16.6. The summed E-state index contributed by atoms with van der Waals surface area (Å²) in [6.07, 6.45) is 3.29.